The maximum absolute atomic E-state index is 13.0. The van der Waals surface area contributed by atoms with Crippen LogP contribution < -0.4 is 15.4 Å². The van der Waals surface area contributed by atoms with Gasteiger partial charge in [-0.25, -0.2) is 0 Å². The Balaban J connectivity index is 1.09. The number of hydrogen-bond acceptors (Lipinski definition) is 6. The molecule has 46 heavy (non-hydrogen) atoms. The Morgan fingerprint density at radius 2 is 1.87 bits per heavy atom. The highest BCUT2D eigenvalue weighted by atomic mass is 19.4. The molecular formula is C34H35F3N6O3. The quantitative estimate of drug-likeness (QED) is 0.169. The van der Waals surface area contributed by atoms with Crippen molar-refractivity contribution in [2.45, 2.75) is 43.9 Å². The number of alkyl halides is 3. The van der Waals surface area contributed by atoms with E-state index >= 15 is 0 Å². The summed E-state index contributed by atoms with van der Waals surface area (Å²) in [4.78, 5) is 29.7. The van der Waals surface area contributed by atoms with E-state index in [0.717, 1.165) is 42.4 Å². The minimum Gasteiger partial charge on any atom is -0.457 e. The molecule has 9 nitrogen and oxygen atoms in total. The smallest absolute Gasteiger partial charge is 0.416 e. The Hall–Kier alpha value is -4.84. The summed E-state index contributed by atoms with van der Waals surface area (Å²) in [5.41, 5.74) is 0.231. The summed E-state index contributed by atoms with van der Waals surface area (Å²) < 4.78 is 45.3. The second-order valence-corrected chi connectivity index (χ2v) is 11.8. The van der Waals surface area contributed by atoms with Crippen LogP contribution in [0.15, 0.2) is 78.9 Å². The molecule has 3 aromatic carbocycles. The SMILES string of the molecule is CN(C/C=C/C(=O)N1CCC[C@@H](Nc2n[nH]c3cccc(Oc4ccc(C(=O)Nc5cccc(C(F)(F)F)c5)cc4)c23)C1)C1CC1. The van der Waals surface area contributed by atoms with Crippen LogP contribution in [0.1, 0.15) is 41.6 Å². The van der Waals surface area contributed by atoms with Crippen molar-refractivity contribution >= 4 is 34.2 Å². The molecule has 1 saturated heterocycles. The van der Waals surface area contributed by atoms with Crippen LogP contribution in [0.2, 0.25) is 0 Å². The number of nitrogens with zero attached hydrogens (tertiary/aromatic N) is 3. The molecule has 2 heterocycles. The largest absolute Gasteiger partial charge is 0.457 e. The predicted molar refractivity (Wildman–Crippen MR) is 170 cm³/mol. The van der Waals surface area contributed by atoms with Gasteiger partial charge in [0, 0.05) is 49.0 Å². The van der Waals surface area contributed by atoms with Crippen molar-refractivity contribution in [1.29, 1.82) is 0 Å². The van der Waals surface area contributed by atoms with Crippen molar-refractivity contribution in [2.24, 2.45) is 0 Å². The third-order valence-electron chi connectivity index (χ3n) is 8.24. The van der Waals surface area contributed by atoms with Gasteiger partial charge >= 0.3 is 6.18 Å². The van der Waals surface area contributed by atoms with Gasteiger partial charge in [-0.05, 0) is 87.3 Å². The number of aromatic nitrogens is 2. The topological polar surface area (TPSA) is 103 Å². The summed E-state index contributed by atoms with van der Waals surface area (Å²) >= 11 is 0. The number of likely N-dealkylation sites (tertiary alicyclic amines) is 1. The van der Waals surface area contributed by atoms with Crippen LogP contribution >= 0.6 is 0 Å². The van der Waals surface area contributed by atoms with Crippen LogP contribution in [0.4, 0.5) is 24.7 Å². The van der Waals surface area contributed by atoms with E-state index in [1.54, 1.807) is 30.3 Å². The molecule has 0 bridgehead atoms. The number of amides is 2. The minimum atomic E-state index is -4.51. The number of hydrogen-bond donors (Lipinski definition) is 3. The average molecular weight is 633 g/mol. The minimum absolute atomic E-state index is 0.00872. The number of carbonyl (C=O) groups excluding carboxylic acids is 2. The molecule has 1 aromatic heterocycles. The Kier molecular flexibility index (Phi) is 8.98. The first kappa shape index (κ1) is 31.2. The van der Waals surface area contributed by atoms with Gasteiger partial charge in [0.1, 0.15) is 11.5 Å². The van der Waals surface area contributed by atoms with Gasteiger partial charge in [-0.3, -0.25) is 19.6 Å². The Morgan fingerprint density at radius 1 is 1.09 bits per heavy atom. The van der Waals surface area contributed by atoms with Gasteiger partial charge in [0.25, 0.3) is 5.91 Å². The molecule has 12 heteroatoms. The van der Waals surface area contributed by atoms with Crippen LogP contribution in [0.5, 0.6) is 11.5 Å². The number of fused-ring (bicyclic) bond motifs is 1. The highest BCUT2D eigenvalue weighted by Gasteiger charge is 2.30. The molecule has 0 unspecified atom stereocenters. The van der Waals surface area contributed by atoms with Gasteiger partial charge < -0.3 is 20.3 Å². The average Bonchev–Trinajstić information content (AvgIpc) is 3.82. The molecule has 0 radical (unpaired) electrons. The molecule has 4 aromatic rings. The fourth-order valence-electron chi connectivity index (χ4n) is 5.59. The molecule has 240 valence electrons. The number of piperidine rings is 1. The molecule has 2 fully saturated rings. The summed E-state index contributed by atoms with van der Waals surface area (Å²) in [6.07, 6.45) is 3.33. The zero-order valence-corrected chi connectivity index (χ0v) is 25.3. The van der Waals surface area contributed by atoms with E-state index in [-0.39, 0.29) is 23.2 Å². The standard InChI is InChI=1S/C34H35F3N6O3/c1-42(26-14-15-26)18-5-11-30(44)43-19-4-8-25(21-43)38-32-31-28(40-41-32)9-3-10-29(31)46-27-16-12-22(13-17-27)33(45)39-24-7-2-6-23(20-24)34(35,36)37/h2-3,5-7,9-13,16-17,20,25-26H,4,8,14-15,18-19,21H2,1H3,(H,39,45)(H2,38,40,41)/b11-5+/t25-/m1/s1. The van der Waals surface area contributed by atoms with Gasteiger partial charge in [-0.2, -0.15) is 18.3 Å². The lowest BCUT2D eigenvalue weighted by atomic mass is 10.1. The van der Waals surface area contributed by atoms with E-state index in [4.69, 9.17) is 4.74 Å². The lowest BCUT2D eigenvalue weighted by molar-refractivity contribution is -0.137. The number of rotatable bonds is 10. The van der Waals surface area contributed by atoms with Crippen molar-refractivity contribution in [3.8, 4) is 11.5 Å². The molecule has 2 aliphatic rings. The Bertz CT molecular complexity index is 1730. The third-order valence-corrected chi connectivity index (χ3v) is 8.24. The Morgan fingerprint density at radius 3 is 2.63 bits per heavy atom. The summed E-state index contributed by atoms with van der Waals surface area (Å²) in [6, 6.07) is 17.0. The van der Waals surface area contributed by atoms with E-state index in [0.29, 0.717) is 36.4 Å². The normalized spacial score (nSPS) is 17.1. The zero-order valence-electron chi connectivity index (χ0n) is 25.3. The maximum atomic E-state index is 13.0. The fourth-order valence-corrected chi connectivity index (χ4v) is 5.59. The van der Waals surface area contributed by atoms with Gasteiger partial charge in [-0.15, -0.1) is 0 Å². The van der Waals surface area contributed by atoms with E-state index in [1.807, 2.05) is 29.2 Å². The maximum Gasteiger partial charge on any atom is 0.416 e. The van der Waals surface area contributed by atoms with Gasteiger partial charge in [0.15, 0.2) is 5.82 Å². The summed E-state index contributed by atoms with van der Waals surface area (Å²) in [5, 5.41) is 14.3. The molecule has 6 rings (SSSR count). The van der Waals surface area contributed by atoms with Crippen molar-refractivity contribution in [2.75, 3.05) is 37.3 Å². The van der Waals surface area contributed by atoms with Crippen molar-refractivity contribution < 1.29 is 27.5 Å². The molecule has 0 spiro atoms. The summed E-state index contributed by atoms with van der Waals surface area (Å²) in [6.45, 7) is 2.04. The fraction of sp³-hybridized carbons (Fsp3) is 0.324. The molecule has 1 aliphatic heterocycles. The first-order valence-electron chi connectivity index (χ1n) is 15.3. The van der Waals surface area contributed by atoms with E-state index in [9.17, 15) is 22.8 Å². The highest BCUT2D eigenvalue weighted by molar-refractivity contribution is 6.04. The monoisotopic (exact) mass is 632 g/mol. The number of halogens is 3. The van der Waals surface area contributed by atoms with Crippen LogP contribution in [-0.2, 0) is 11.0 Å². The van der Waals surface area contributed by atoms with Crippen molar-refractivity contribution in [1.82, 2.24) is 20.0 Å². The van der Waals surface area contributed by atoms with Crippen LogP contribution in [0.25, 0.3) is 10.9 Å². The number of nitrogens with one attached hydrogen (secondary N) is 3. The van der Waals surface area contributed by atoms with Crippen LogP contribution in [-0.4, -0.2) is 70.6 Å². The number of ether oxygens (including phenoxy) is 1. The lowest BCUT2D eigenvalue weighted by Crippen LogP contribution is -2.44. The van der Waals surface area contributed by atoms with Crippen molar-refractivity contribution in [3.05, 3.63) is 90.0 Å². The van der Waals surface area contributed by atoms with Gasteiger partial charge in [0.2, 0.25) is 5.91 Å². The van der Waals surface area contributed by atoms with E-state index < -0.39 is 17.6 Å². The number of anilines is 2. The molecule has 1 atom stereocenters. The molecular weight excluding hydrogens is 597 g/mol. The van der Waals surface area contributed by atoms with Gasteiger partial charge in [0.05, 0.1) is 16.5 Å². The first-order valence-corrected chi connectivity index (χ1v) is 15.3. The molecule has 3 N–H and O–H groups in total. The number of aromatic amines is 1. The molecule has 1 aliphatic carbocycles. The predicted octanol–water partition coefficient (Wildman–Crippen LogP) is 6.68. The molecule has 1 saturated carbocycles. The van der Waals surface area contributed by atoms with Crippen molar-refractivity contribution in [3.63, 3.8) is 0 Å². The lowest BCUT2D eigenvalue weighted by Gasteiger charge is -2.32. The Labute approximate surface area is 264 Å². The first-order chi connectivity index (χ1) is 22.1. The number of H-pyrrole nitrogens is 1. The number of carbonyl (C=O) groups is 2. The molecule has 2 amide bonds. The van der Waals surface area contributed by atoms with Gasteiger partial charge in [-0.1, -0.05) is 18.2 Å². The number of benzene rings is 3. The zero-order chi connectivity index (χ0) is 32.3. The van der Waals surface area contributed by atoms with Crippen LogP contribution in [0, 0.1) is 0 Å². The second kappa shape index (κ2) is 13.3. The van der Waals surface area contributed by atoms with E-state index in [2.05, 4.69) is 32.8 Å². The highest BCUT2D eigenvalue weighted by Crippen LogP contribution is 2.35. The van der Waals surface area contributed by atoms with E-state index in [1.165, 1.54) is 25.0 Å². The van der Waals surface area contributed by atoms with Crippen LogP contribution in [0.3, 0.4) is 0 Å². The second-order valence-electron chi connectivity index (χ2n) is 11.8. The summed E-state index contributed by atoms with van der Waals surface area (Å²) in [7, 11) is 2.08. The third kappa shape index (κ3) is 7.51. The summed E-state index contributed by atoms with van der Waals surface area (Å²) in [5.74, 6) is 1.09. The number of likely N-dealkylation sites (N-methyl/N-ethyl adjacent to an activating group) is 1.